The molecule has 0 radical (unpaired) electrons. The smallest absolute Gasteiger partial charge is 0.320 e. The second-order valence-corrected chi connectivity index (χ2v) is 6.43. The second kappa shape index (κ2) is 9.32. The molecule has 1 atom stereocenters. The summed E-state index contributed by atoms with van der Waals surface area (Å²) < 4.78 is 0. The lowest BCUT2D eigenvalue weighted by molar-refractivity contribution is -0.118. The van der Waals surface area contributed by atoms with Crippen molar-refractivity contribution in [2.45, 2.75) is 13.0 Å². The zero-order chi connectivity index (χ0) is 20.6. The zero-order valence-electron chi connectivity index (χ0n) is 15.9. The van der Waals surface area contributed by atoms with Crippen molar-refractivity contribution < 1.29 is 14.4 Å². The molecular formula is C23H21N3O3. The Morgan fingerprint density at radius 2 is 1.24 bits per heavy atom. The average Bonchev–Trinajstić information content (AvgIpc) is 2.73. The molecule has 0 aromatic heterocycles. The van der Waals surface area contributed by atoms with Gasteiger partial charge in [0.25, 0.3) is 5.91 Å². The monoisotopic (exact) mass is 387 g/mol. The molecule has 0 spiro atoms. The van der Waals surface area contributed by atoms with Crippen molar-refractivity contribution in [3.05, 3.63) is 96.1 Å². The van der Waals surface area contributed by atoms with Crippen LogP contribution in [0.3, 0.4) is 0 Å². The number of hydrogen-bond donors (Lipinski definition) is 3. The van der Waals surface area contributed by atoms with Gasteiger partial charge in [-0.3, -0.25) is 9.59 Å². The summed E-state index contributed by atoms with van der Waals surface area (Å²) in [5.74, 6) is -0.410. The molecule has 0 heterocycles. The van der Waals surface area contributed by atoms with Crippen LogP contribution in [0, 0.1) is 0 Å². The maximum absolute atomic E-state index is 12.8. The molecule has 0 unspecified atom stereocenters. The van der Waals surface area contributed by atoms with Gasteiger partial charge in [-0.15, -0.1) is 0 Å². The van der Waals surface area contributed by atoms with Crippen LogP contribution in [0.15, 0.2) is 84.9 Å². The highest BCUT2D eigenvalue weighted by molar-refractivity contribution is 6.00. The van der Waals surface area contributed by atoms with E-state index in [0.29, 0.717) is 22.5 Å². The Labute approximate surface area is 169 Å². The van der Waals surface area contributed by atoms with Gasteiger partial charge < -0.3 is 16.0 Å². The molecule has 3 N–H and O–H groups in total. The number of urea groups is 1. The van der Waals surface area contributed by atoms with Crippen molar-refractivity contribution >= 4 is 29.1 Å². The third-order valence-electron chi connectivity index (χ3n) is 4.26. The molecule has 0 aliphatic carbocycles. The van der Waals surface area contributed by atoms with Crippen molar-refractivity contribution in [3.8, 4) is 0 Å². The molecule has 3 rings (SSSR count). The summed E-state index contributed by atoms with van der Waals surface area (Å²) in [6.45, 7) is 1.48. The minimum atomic E-state index is -0.882. The molecule has 6 heteroatoms. The molecule has 0 fully saturated rings. The number of para-hydroxylation sites is 1. The van der Waals surface area contributed by atoms with Crippen LogP contribution in [0.1, 0.15) is 28.9 Å². The lowest BCUT2D eigenvalue weighted by Crippen LogP contribution is -2.39. The Morgan fingerprint density at radius 1 is 0.690 bits per heavy atom. The standard InChI is InChI=1S/C23H21N3O3/c1-16(27)17-12-14-20(15-13-17)25-23(29)26-21(18-8-4-2-5-9-18)22(28)24-19-10-6-3-7-11-19/h2-15,21H,1H3,(H,24,28)(H2,25,26,29)/t21-/m0/s1. The van der Waals surface area contributed by atoms with E-state index >= 15 is 0 Å². The van der Waals surface area contributed by atoms with Crippen LogP contribution in [0.4, 0.5) is 16.2 Å². The second-order valence-electron chi connectivity index (χ2n) is 6.43. The van der Waals surface area contributed by atoms with Gasteiger partial charge in [0.1, 0.15) is 6.04 Å². The van der Waals surface area contributed by atoms with E-state index in [9.17, 15) is 14.4 Å². The molecule has 3 aromatic rings. The topological polar surface area (TPSA) is 87.3 Å². The van der Waals surface area contributed by atoms with Crippen molar-refractivity contribution in [1.82, 2.24) is 5.32 Å². The number of amides is 3. The van der Waals surface area contributed by atoms with Gasteiger partial charge in [-0.05, 0) is 48.9 Å². The molecule has 0 aliphatic heterocycles. The fourth-order valence-corrected chi connectivity index (χ4v) is 2.77. The van der Waals surface area contributed by atoms with E-state index < -0.39 is 12.1 Å². The first kappa shape index (κ1) is 19.8. The number of carbonyl (C=O) groups is 3. The summed E-state index contributed by atoms with van der Waals surface area (Å²) in [4.78, 5) is 36.7. The SMILES string of the molecule is CC(=O)c1ccc(NC(=O)N[C@H](C(=O)Nc2ccccc2)c2ccccc2)cc1. The largest absolute Gasteiger partial charge is 0.324 e. The van der Waals surface area contributed by atoms with Crippen molar-refractivity contribution in [2.24, 2.45) is 0 Å². The van der Waals surface area contributed by atoms with Crippen molar-refractivity contribution in [2.75, 3.05) is 10.6 Å². The number of rotatable bonds is 6. The van der Waals surface area contributed by atoms with Gasteiger partial charge in [0.05, 0.1) is 0 Å². The highest BCUT2D eigenvalue weighted by Crippen LogP contribution is 2.17. The molecule has 0 saturated heterocycles. The summed E-state index contributed by atoms with van der Waals surface area (Å²) in [7, 11) is 0. The third-order valence-corrected chi connectivity index (χ3v) is 4.26. The summed E-state index contributed by atoms with van der Waals surface area (Å²) in [5.41, 5.74) is 2.37. The highest BCUT2D eigenvalue weighted by Gasteiger charge is 2.23. The highest BCUT2D eigenvalue weighted by atomic mass is 16.2. The number of anilines is 2. The summed E-state index contributed by atoms with van der Waals surface area (Å²) in [6.07, 6.45) is 0. The van der Waals surface area contributed by atoms with Crippen LogP contribution in [-0.4, -0.2) is 17.7 Å². The third kappa shape index (κ3) is 5.52. The van der Waals surface area contributed by atoms with E-state index in [4.69, 9.17) is 0 Å². The fraction of sp³-hybridized carbons (Fsp3) is 0.0870. The first-order valence-corrected chi connectivity index (χ1v) is 9.12. The summed E-state index contributed by atoms with van der Waals surface area (Å²) in [5, 5.41) is 8.21. The van der Waals surface area contributed by atoms with Gasteiger partial charge in [0, 0.05) is 16.9 Å². The molecular weight excluding hydrogens is 366 g/mol. The molecule has 6 nitrogen and oxygen atoms in total. The maximum Gasteiger partial charge on any atom is 0.320 e. The van der Waals surface area contributed by atoms with Gasteiger partial charge in [-0.2, -0.15) is 0 Å². The van der Waals surface area contributed by atoms with E-state index in [0.717, 1.165) is 0 Å². The first-order valence-electron chi connectivity index (χ1n) is 9.12. The maximum atomic E-state index is 12.8. The van der Waals surface area contributed by atoms with Crippen molar-refractivity contribution in [3.63, 3.8) is 0 Å². The van der Waals surface area contributed by atoms with Crippen molar-refractivity contribution in [1.29, 1.82) is 0 Å². The summed E-state index contributed by atoms with van der Waals surface area (Å²) >= 11 is 0. The van der Waals surface area contributed by atoms with E-state index in [-0.39, 0.29) is 11.7 Å². The number of ketones is 1. The van der Waals surface area contributed by atoms with Crippen LogP contribution in [0.25, 0.3) is 0 Å². The van der Waals surface area contributed by atoms with Gasteiger partial charge >= 0.3 is 6.03 Å². The molecule has 146 valence electrons. The van der Waals surface area contributed by atoms with Gasteiger partial charge in [0.15, 0.2) is 5.78 Å². The molecule has 0 bridgehead atoms. The lowest BCUT2D eigenvalue weighted by Gasteiger charge is -2.19. The first-order chi connectivity index (χ1) is 14.0. The molecule has 3 aromatic carbocycles. The fourth-order valence-electron chi connectivity index (χ4n) is 2.77. The van der Waals surface area contributed by atoms with Crippen LogP contribution in [-0.2, 0) is 4.79 Å². The number of nitrogens with one attached hydrogen (secondary N) is 3. The van der Waals surface area contributed by atoms with Gasteiger partial charge in [-0.1, -0.05) is 48.5 Å². The predicted octanol–water partition coefficient (Wildman–Crippen LogP) is 4.39. The van der Waals surface area contributed by atoms with Gasteiger partial charge in [-0.25, -0.2) is 4.79 Å². The minimum absolute atomic E-state index is 0.0530. The van der Waals surface area contributed by atoms with E-state index in [2.05, 4.69) is 16.0 Å². The van der Waals surface area contributed by atoms with Gasteiger partial charge in [0.2, 0.25) is 0 Å². The predicted molar refractivity (Wildman–Crippen MR) is 113 cm³/mol. The lowest BCUT2D eigenvalue weighted by atomic mass is 10.1. The normalized spacial score (nSPS) is 11.2. The Kier molecular flexibility index (Phi) is 6.37. The van der Waals surface area contributed by atoms with E-state index in [1.807, 2.05) is 24.3 Å². The molecule has 0 saturated carbocycles. The quantitative estimate of drug-likeness (QED) is 0.548. The average molecular weight is 387 g/mol. The molecule has 0 aliphatic rings. The zero-order valence-corrected chi connectivity index (χ0v) is 15.9. The Morgan fingerprint density at radius 3 is 1.83 bits per heavy atom. The number of hydrogen-bond acceptors (Lipinski definition) is 3. The number of benzene rings is 3. The summed E-state index contributed by atoms with van der Waals surface area (Å²) in [6, 6.07) is 23.2. The number of carbonyl (C=O) groups excluding carboxylic acids is 3. The minimum Gasteiger partial charge on any atom is -0.324 e. The van der Waals surface area contributed by atoms with Crippen LogP contribution >= 0.6 is 0 Å². The molecule has 29 heavy (non-hydrogen) atoms. The Hall–Kier alpha value is -3.93. The Balaban J connectivity index is 1.73. The number of Topliss-reactive ketones (excluding diaryl/α,β-unsaturated/α-hetero) is 1. The molecule has 3 amide bonds. The van der Waals surface area contributed by atoms with E-state index in [1.54, 1.807) is 60.7 Å². The van der Waals surface area contributed by atoms with Crippen LogP contribution < -0.4 is 16.0 Å². The van der Waals surface area contributed by atoms with E-state index in [1.165, 1.54) is 6.92 Å². The van der Waals surface area contributed by atoms with Crippen LogP contribution in [0.5, 0.6) is 0 Å². The Bertz CT molecular complexity index is 987. The van der Waals surface area contributed by atoms with Crippen LogP contribution in [0.2, 0.25) is 0 Å².